The van der Waals surface area contributed by atoms with Crippen LogP contribution in [0.3, 0.4) is 0 Å². The Labute approximate surface area is 50.4 Å². The molecule has 1 rings (SSSR count). The van der Waals surface area contributed by atoms with Gasteiger partial charge in [-0.1, -0.05) is 0 Å². The molecule has 2 nitrogen and oxygen atoms in total. The molecule has 0 bridgehead atoms. The molecule has 0 spiro atoms. The summed E-state index contributed by atoms with van der Waals surface area (Å²) in [5, 5.41) is 3.27. The fraction of sp³-hybridized carbons (Fsp3) is 1.00. The highest BCUT2D eigenvalue weighted by Crippen LogP contribution is 2.06. The zero-order valence-corrected chi connectivity index (χ0v) is 5.11. The molecule has 1 radical (unpaired) electrons. The summed E-state index contributed by atoms with van der Waals surface area (Å²) in [6.45, 7) is 2.84. The van der Waals surface area contributed by atoms with Crippen molar-refractivity contribution in [2.24, 2.45) is 5.92 Å². The summed E-state index contributed by atoms with van der Waals surface area (Å²) >= 11 is 0. The molecular weight excluding hydrogens is 100 g/mol. The zero-order valence-electron chi connectivity index (χ0n) is 5.11. The van der Waals surface area contributed by atoms with E-state index in [2.05, 4.69) is 5.32 Å². The van der Waals surface area contributed by atoms with Crippen LogP contribution >= 0.6 is 0 Å². The maximum Gasteiger partial charge on any atom is 0.0140 e. The summed E-state index contributed by atoms with van der Waals surface area (Å²) < 4.78 is 0. The van der Waals surface area contributed by atoms with Gasteiger partial charge in [0.15, 0.2) is 0 Å². The van der Waals surface area contributed by atoms with Crippen LogP contribution in [0.4, 0.5) is 0 Å². The van der Waals surface area contributed by atoms with Crippen LogP contribution in [0.2, 0.25) is 0 Å². The first-order chi connectivity index (χ1) is 3.93. The van der Waals surface area contributed by atoms with Gasteiger partial charge < -0.3 is 5.32 Å². The van der Waals surface area contributed by atoms with Crippen molar-refractivity contribution in [2.45, 2.75) is 12.8 Å². The molecule has 1 aliphatic heterocycles. The van der Waals surface area contributed by atoms with E-state index in [0.717, 1.165) is 13.1 Å². The molecule has 1 saturated heterocycles. The number of piperidine rings is 1. The number of hydrogen-bond donors (Lipinski definition) is 1. The maximum absolute atomic E-state index is 7.06. The molecule has 0 aromatic heterocycles. The van der Waals surface area contributed by atoms with E-state index in [1.165, 1.54) is 12.8 Å². The molecular formula is C6H13N2. The van der Waals surface area contributed by atoms with E-state index in [9.17, 15) is 0 Å². The van der Waals surface area contributed by atoms with Crippen LogP contribution in [0, 0.1) is 5.92 Å². The lowest BCUT2D eigenvalue weighted by Gasteiger charge is -2.19. The van der Waals surface area contributed by atoms with Gasteiger partial charge in [-0.3, -0.25) is 5.73 Å². The lowest BCUT2D eigenvalue weighted by Crippen LogP contribution is -2.31. The Morgan fingerprint density at radius 3 is 2.88 bits per heavy atom. The van der Waals surface area contributed by atoms with E-state index in [1.807, 2.05) is 0 Å². The monoisotopic (exact) mass is 113 g/mol. The fourth-order valence-corrected chi connectivity index (χ4v) is 1.10. The average Bonchev–Trinajstić information content (AvgIpc) is 1.90. The predicted octanol–water partition coefficient (Wildman–Crippen LogP) is 0.269. The van der Waals surface area contributed by atoms with E-state index >= 15 is 0 Å². The van der Waals surface area contributed by atoms with Gasteiger partial charge in [0.25, 0.3) is 0 Å². The lowest BCUT2D eigenvalue weighted by atomic mass is 10.0. The minimum Gasteiger partial charge on any atom is -0.316 e. The largest absolute Gasteiger partial charge is 0.316 e. The highest BCUT2D eigenvalue weighted by Gasteiger charge is 2.09. The molecule has 0 amide bonds. The van der Waals surface area contributed by atoms with Gasteiger partial charge in [-0.15, -0.1) is 0 Å². The Balaban J connectivity index is 2.13. The van der Waals surface area contributed by atoms with Gasteiger partial charge in [0.2, 0.25) is 0 Å². The molecule has 0 saturated carbocycles. The van der Waals surface area contributed by atoms with E-state index in [-0.39, 0.29) is 0 Å². The summed E-state index contributed by atoms with van der Waals surface area (Å²) in [4.78, 5) is 0. The zero-order chi connectivity index (χ0) is 5.82. The van der Waals surface area contributed by atoms with Gasteiger partial charge in [-0.25, -0.2) is 0 Å². The number of hydrogen-bond acceptors (Lipinski definition) is 1. The Kier molecular flexibility index (Phi) is 2.30. The molecule has 1 unspecified atom stereocenters. The van der Waals surface area contributed by atoms with Crippen LogP contribution in [0.5, 0.6) is 0 Å². The van der Waals surface area contributed by atoms with Gasteiger partial charge in [0, 0.05) is 6.54 Å². The molecule has 2 heteroatoms. The van der Waals surface area contributed by atoms with E-state index < -0.39 is 0 Å². The minimum absolute atomic E-state index is 0.604. The second-order valence-corrected chi connectivity index (χ2v) is 2.42. The van der Waals surface area contributed by atoms with Gasteiger partial charge in [0.1, 0.15) is 0 Å². The summed E-state index contributed by atoms with van der Waals surface area (Å²) in [6.07, 6.45) is 2.53. The van der Waals surface area contributed by atoms with Gasteiger partial charge in [0.05, 0.1) is 0 Å². The van der Waals surface area contributed by atoms with Gasteiger partial charge in [-0.2, -0.15) is 0 Å². The fourth-order valence-electron chi connectivity index (χ4n) is 1.10. The molecule has 47 valence electrons. The van der Waals surface area contributed by atoms with Crippen LogP contribution < -0.4 is 11.1 Å². The van der Waals surface area contributed by atoms with Crippen LogP contribution in [0.1, 0.15) is 12.8 Å². The second-order valence-electron chi connectivity index (χ2n) is 2.42. The molecule has 1 fully saturated rings. The van der Waals surface area contributed by atoms with Crippen molar-refractivity contribution in [1.82, 2.24) is 11.1 Å². The summed E-state index contributed by atoms with van der Waals surface area (Å²) in [6, 6.07) is 0. The first kappa shape index (κ1) is 6.05. The second kappa shape index (κ2) is 3.05. The SMILES string of the molecule is [NH]CC1CCCNC1. The van der Waals surface area contributed by atoms with Crippen molar-refractivity contribution >= 4 is 0 Å². The molecule has 2 N–H and O–H groups in total. The van der Waals surface area contributed by atoms with Crippen molar-refractivity contribution in [3.63, 3.8) is 0 Å². The van der Waals surface area contributed by atoms with E-state index in [4.69, 9.17) is 5.73 Å². The van der Waals surface area contributed by atoms with E-state index in [1.54, 1.807) is 0 Å². The van der Waals surface area contributed by atoms with Crippen molar-refractivity contribution in [1.29, 1.82) is 0 Å². The van der Waals surface area contributed by atoms with Crippen molar-refractivity contribution in [3.8, 4) is 0 Å². The average molecular weight is 113 g/mol. The van der Waals surface area contributed by atoms with Crippen LogP contribution in [-0.2, 0) is 0 Å². The van der Waals surface area contributed by atoms with Crippen molar-refractivity contribution in [3.05, 3.63) is 0 Å². The third-order valence-corrected chi connectivity index (χ3v) is 1.69. The lowest BCUT2D eigenvalue weighted by molar-refractivity contribution is 0.382. The van der Waals surface area contributed by atoms with Crippen LogP contribution in [-0.4, -0.2) is 19.6 Å². The topological polar surface area (TPSA) is 35.8 Å². The Morgan fingerprint density at radius 1 is 1.62 bits per heavy atom. The van der Waals surface area contributed by atoms with Gasteiger partial charge in [-0.05, 0) is 31.8 Å². The first-order valence-corrected chi connectivity index (χ1v) is 3.29. The third kappa shape index (κ3) is 1.46. The summed E-state index contributed by atoms with van der Waals surface area (Å²) in [5.41, 5.74) is 7.06. The molecule has 0 aliphatic carbocycles. The highest BCUT2D eigenvalue weighted by atomic mass is 14.9. The van der Waals surface area contributed by atoms with Crippen molar-refractivity contribution in [2.75, 3.05) is 19.6 Å². The van der Waals surface area contributed by atoms with Crippen molar-refractivity contribution < 1.29 is 0 Å². The molecule has 0 aromatic rings. The number of rotatable bonds is 1. The Hall–Kier alpha value is -0.0800. The predicted molar refractivity (Wildman–Crippen MR) is 33.6 cm³/mol. The molecule has 1 heterocycles. The molecule has 0 aromatic carbocycles. The highest BCUT2D eigenvalue weighted by molar-refractivity contribution is 4.68. The third-order valence-electron chi connectivity index (χ3n) is 1.69. The van der Waals surface area contributed by atoms with E-state index in [0.29, 0.717) is 12.5 Å². The first-order valence-electron chi connectivity index (χ1n) is 3.29. The quantitative estimate of drug-likeness (QED) is 0.520. The Morgan fingerprint density at radius 2 is 2.50 bits per heavy atom. The maximum atomic E-state index is 7.06. The van der Waals surface area contributed by atoms with Gasteiger partial charge >= 0.3 is 0 Å². The summed E-state index contributed by atoms with van der Waals surface area (Å²) in [7, 11) is 0. The smallest absolute Gasteiger partial charge is 0.0140 e. The Bertz CT molecular complexity index is 57.5. The minimum atomic E-state index is 0.604. The number of nitrogens with one attached hydrogen (secondary N) is 2. The van der Waals surface area contributed by atoms with Crippen LogP contribution in [0.25, 0.3) is 0 Å². The standard InChI is InChI=1S/C6H13N2/c7-4-6-2-1-3-8-5-6/h6-8H,1-5H2. The molecule has 1 atom stereocenters. The summed E-state index contributed by atoms with van der Waals surface area (Å²) in [5.74, 6) is 0.642. The molecule has 1 aliphatic rings. The normalized spacial score (nSPS) is 30.4. The van der Waals surface area contributed by atoms with Crippen LogP contribution in [0.15, 0.2) is 0 Å². The molecule has 8 heavy (non-hydrogen) atoms.